The van der Waals surface area contributed by atoms with Crippen molar-refractivity contribution in [2.45, 2.75) is 98.7 Å². The minimum atomic E-state index is -2.29. The lowest BCUT2D eigenvalue weighted by Crippen LogP contribution is -2.70. The van der Waals surface area contributed by atoms with E-state index in [1.165, 1.54) is 12.2 Å². The number of anilines is 1. The van der Waals surface area contributed by atoms with Crippen LogP contribution < -0.4 is 5.32 Å². The van der Waals surface area contributed by atoms with Gasteiger partial charge in [-0.25, -0.2) is 8.78 Å². The molecule has 0 aromatic heterocycles. The minimum absolute atomic E-state index is 0.0417. The monoisotopic (exact) mass is 665 g/mol. The Morgan fingerprint density at radius 1 is 1.06 bits per heavy atom. The quantitative estimate of drug-likeness (QED) is 0.317. The molecule has 250 valence electrons. The van der Waals surface area contributed by atoms with Crippen LogP contribution in [0.2, 0.25) is 0 Å². The van der Waals surface area contributed by atoms with Gasteiger partial charge in [-0.05, 0) is 100 Å². The average Bonchev–Trinajstić information content (AvgIpc) is 3.53. The minimum Gasteiger partial charge on any atom is -0.390 e. The zero-order valence-electron chi connectivity index (χ0n) is 26.9. The van der Waals surface area contributed by atoms with Gasteiger partial charge in [0.25, 0.3) is 0 Å². The maximum atomic E-state index is 17.6. The highest BCUT2D eigenvalue weighted by Gasteiger charge is 2.80. The number of carbonyl (C=O) groups is 2. The first-order valence-corrected chi connectivity index (χ1v) is 17.2. The lowest BCUT2D eigenvalue weighted by Gasteiger charge is -2.63. The van der Waals surface area contributed by atoms with Crippen molar-refractivity contribution in [3.8, 4) is 0 Å². The van der Waals surface area contributed by atoms with Crippen molar-refractivity contribution in [2.75, 3.05) is 11.9 Å². The van der Waals surface area contributed by atoms with Crippen LogP contribution in [-0.2, 0) is 19.1 Å². The van der Waals surface area contributed by atoms with E-state index in [4.69, 9.17) is 9.47 Å². The SMILES string of the molecule is CC(C)Nc1ccc(Sc2ccc([C@H]3O[C@@H]4C[C@H]5[C@@H]6C[C@H](F)C7=CC(=O)C=C[C@]7(C)[C@@]6(F)[C@@H](O)C[C@]5(C)[C@]4(C(=O)CO)O3)cc2)cc1. The predicted molar refractivity (Wildman–Crippen MR) is 173 cm³/mol. The van der Waals surface area contributed by atoms with Gasteiger partial charge in [-0.1, -0.05) is 36.9 Å². The van der Waals surface area contributed by atoms with E-state index in [9.17, 15) is 19.8 Å². The zero-order valence-corrected chi connectivity index (χ0v) is 27.7. The third kappa shape index (κ3) is 4.65. The lowest BCUT2D eigenvalue weighted by molar-refractivity contribution is -0.235. The van der Waals surface area contributed by atoms with E-state index in [2.05, 4.69) is 31.3 Å². The standard InChI is InChI=1S/C37H41F2NO6S/c1-20(2)40-22-7-11-25(12-8-22)47-24-9-5-21(6-10-24)33-45-32-17-26-27-16-29(38)28-15-23(42)13-14-34(28,3)36(27,39)30(43)18-35(26,4)37(32,46-33)31(44)19-41/h5-15,20,26-27,29-30,32-33,40-41,43H,16-19H2,1-4H3/t26-,27-,29-,30-,32+,33-,34-,35-,36-,37+/m0/s1. The molecule has 1 saturated heterocycles. The summed E-state index contributed by atoms with van der Waals surface area (Å²) in [5.74, 6) is -2.59. The molecule has 0 amide bonds. The van der Waals surface area contributed by atoms with E-state index in [1.807, 2.05) is 36.4 Å². The summed E-state index contributed by atoms with van der Waals surface area (Å²) in [5.41, 5.74) is -4.88. The number of Topliss-reactive ketones (excluding diaryl/α,β-unsaturated/α-hetero) is 1. The lowest BCUT2D eigenvalue weighted by atomic mass is 9.44. The Morgan fingerprint density at radius 2 is 1.72 bits per heavy atom. The summed E-state index contributed by atoms with van der Waals surface area (Å²) in [6.45, 7) is 6.68. The highest BCUT2D eigenvalue weighted by Crippen LogP contribution is 2.72. The summed E-state index contributed by atoms with van der Waals surface area (Å²) in [6, 6.07) is 16.2. The fourth-order valence-electron chi connectivity index (χ4n) is 9.50. The first-order valence-electron chi connectivity index (χ1n) is 16.3. The van der Waals surface area contributed by atoms with E-state index in [-0.39, 0.29) is 24.8 Å². The number of hydrogen-bond acceptors (Lipinski definition) is 8. The molecule has 0 spiro atoms. The second kappa shape index (κ2) is 11.3. The smallest absolute Gasteiger partial charge is 0.193 e. The Labute approximate surface area is 277 Å². The average molecular weight is 666 g/mol. The van der Waals surface area contributed by atoms with Crippen LogP contribution in [0.25, 0.3) is 0 Å². The first kappa shape index (κ1) is 32.6. The number of carbonyl (C=O) groups excluding carboxylic acids is 2. The number of hydrogen-bond donors (Lipinski definition) is 3. The fourth-order valence-corrected chi connectivity index (χ4v) is 10.3. The molecule has 7 nitrogen and oxygen atoms in total. The summed E-state index contributed by atoms with van der Waals surface area (Å²) in [6.07, 6.45) is -1.37. The maximum Gasteiger partial charge on any atom is 0.193 e. The number of nitrogens with one attached hydrogen (secondary N) is 1. The Hall–Kier alpha value is -2.89. The molecular formula is C37H41F2NO6S. The molecule has 2 aromatic rings. The molecule has 3 N–H and O–H groups in total. The molecule has 7 rings (SSSR count). The van der Waals surface area contributed by atoms with Crippen molar-refractivity contribution in [1.82, 2.24) is 0 Å². The Morgan fingerprint density at radius 3 is 2.36 bits per heavy atom. The van der Waals surface area contributed by atoms with Gasteiger partial charge < -0.3 is 25.0 Å². The van der Waals surface area contributed by atoms with Gasteiger partial charge in [0.1, 0.15) is 12.8 Å². The topological polar surface area (TPSA) is 105 Å². The number of benzene rings is 2. The molecule has 1 aliphatic heterocycles. The molecule has 3 saturated carbocycles. The molecule has 0 bridgehead atoms. The summed E-state index contributed by atoms with van der Waals surface area (Å²) < 4.78 is 46.4. The number of allylic oxidation sites excluding steroid dienone is 4. The van der Waals surface area contributed by atoms with Crippen molar-refractivity contribution < 1.29 is 38.1 Å². The van der Waals surface area contributed by atoms with Gasteiger partial charge in [-0.3, -0.25) is 9.59 Å². The number of ether oxygens (including phenoxy) is 2. The second-order valence-corrected chi connectivity index (χ2v) is 15.6. The molecule has 4 fully saturated rings. The fraction of sp³-hybridized carbons (Fsp3) is 0.514. The highest BCUT2D eigenvalue weighted by atomic mass is 32.2. The largest absolute Gasteiger partial charge is 0.390 e. The van der Waals surface area contributed by atoms with Crippen LogP contribution >= 0.6 is 11.8 Å². The third-order valence-electron chi connectivity index (χ3n) is 11.6. The normalized spacial score (nSPS) is 40.4. The van der Waals surface area contributed by atoms with Crippen LogP contribution in [0.3, 0.4) is 0 Å². The number of aliphatic hydroxyl groups excluding tert-OH is 2. The Bertz CT molecular complexity index is 1650. The number of ketones is 2. The Balaban J connectivity index is 1.16. The second-order valence-electron chi connectivity index (χ2n) is 14.5. The van der Waals surface area contributed by atoms with Gasteiger partial charge in [0.15, 0.2) is 29.1 Å². The van der Waals surface area contributed by atoms with Gasteiger partial charge in [0, 0.05) is 43.8 Å². The van der Waals surface area contributed by atoms with Crippen molar-refractivity contribution >= 4 is 29.0 Å². The van der Waals surface area contributed by atoms with E-state index < -0.39 is 76.8 Å². The molecule has 5 aliphatic rings. The highest BCUT2D eigenvalue weighted by molar-refractivity contribution is 7.99. The molecule has 10 heteroatoms. The van der Waals surface area contributed by atoms with Crippen molar-refractivity contribution in [1.29, 1.82) is 0 Å². The van der Waals surface area contributed by atoms with Crippen LogP contribution in [0.1, 0.15) is 58.8 Å². The number of halogens is 2. The molecule has 1 heterocycles. The number of aliphatic hydroxyl groups is 2. The summed E-state index contributed by atoms with van der Waals surface area (Å²) >= 11 is 1.61. The molecule has 2 aromatic carbocycles. The van der Waals surface area contributed by atoms with E-state index in [1.54, 1.807) is 25.6 Å². The van der Waals surface area contributed by atoms with Gasteiger partial charge in [0.2, 0.25) is 0 Å². The van der Waals surface area contributed by atoms with Crippen LogP contribution in [0.15, 0.2) is 82.1 Å². The molecule has 10 atom stereocenters. The van der Waals surface area contributed by atoms with E-state index in [0.717, 1.165) is 21.6 Å². The van der Waals surface area contributed by atoms with E-state index in [0.29, 0.717) is 11.6 Å². The predicted octanol–water partition coefficient (Wildman–Crippen LogP) is 6.30. The number of fused-ring (bicyclic) bond motifs is 7. The number of rotatable bonds is 7. The summed E-state index contributed by atoms with van der Waals surface area (Å²) in [5, 5.41) is 25.3. The van der Waals surface area contributed by atoms with Crippen LogP contribution in [-0.4, -0.2) is 64.1 Å². The molecular weight excluding hydrogens is 624 g/mol. The molecule has 0 unspecified atom stereocenters. The molecule has 47 heavy (non-hydrogen) atoms. The van der Waals surface area contributed by atoms with Gasteiger partial charge in [-0.15, -0.1) is 0 Å². The van der Waals surface area contributed by atoms with Crippen molar-refractivity contribution in [3.63, 3.8) is 0 Å². The maximum absolute atomic E-state index is 17.6. The Kier molecular flexibility index (Phi) is 7.88. The zero-order chi connectivity index (χ0) is 33.5. The molecule has 0 radical (unpaired) electrons. The van der Waals surface area contributed by atoms with Crippen LogP contribution in [0.4, 0.5) is 14.5 Å². The van der Waals surface area contributed by atoms with Crippen LogP contribution in [0, 0.1) is 22.7 Å². The molecule has 4 aliphatic carbocycles. The summed E-state index contributed by atoms with van der Waals surface area (Å²) in [7, 11) is 0. The summed E-state index contributed by atoms with van der Waals surface area (Å²) in [4.78, 5) is 28.0. The first-order chi connectivity index (χ1) is 22.3. The number of alkyl halides is 2. The van der Waals surface area contributed by atoms with Gasteiger partial charge in [-0.2, -0.15) is 0 Å². The van der Waals surface area contributed by atoms with Gasteiger partial charge in [0.05, 0.1) is 12.2 Å². The van der Waals surface area contributed by atoms with Crippen LogP contribution in [0.5, 0.6) is 0 Å². The van der Waals surface area contributed by atoms with Crippen molar-refractivity contribution in [2.24, 2.45) is 22.7 Å². The van der Waals surface area contributed by atoms with Gasteiger partial charge >= 0.3 is 0 Å². The van der Waals surface area contributed by atoms with Crippen molar-refractivity contribution in [3.05, 3.63) is 77.9 Å². The third-order valence-corrected chi connectivity index (χ3v) is 12.6. The van der Waals surface area contributed by atoms with E-state index >= 15 is 8.78 Å².